The molecule has 2 aromatic heterocycles. The number of ether oxygens (including phenoxy) is 1. The van der Waals surface area contributed by atoms with E-state index in [0.29, 0.717) is 16.3 Å². The molecular formula is C19H18ClN3O4. The largest absolute Gasteiger partial charge is 0.462 e. The topological polar surface area (TPSA) is 83.2 Å². The number of esters is 1. The second kappa shape index (κ2) is 7.36. The fourth-order valence-corrected chi connectivity index (χ4v) is 3.14. The van der Waals surface area contributed by atoms with Gasteiger partial charge in [-0.3, -0.25) is 13.9 Å². The van der Waals surface area contributed by atoms with Crippen molar-refractivity contribution in [1.82, 2.24) is 14.1 Å². The van der Waals surface area contributed by atoms with Crippen LogP contribution in [-0.2, 0) is 18.3 Å². The predicted molar refractivity (Wildman–Crippen MR) is 102 cm³/mol. The molecule has 0 bridgehead atoms. The first-order valence-corrected chi connectivity index (χ1v) is 8.74. The number of hydrogen-bond donors (Lipinski definition) is 0. The normalized spacial score (nSPS) is 11.0. The van der Waals surface area contributed by atoms with E-state index in [1.165, 1.54) is 17.7 Å². The fourth-order valence-electron chi connectivity index (χ4n) is 2.93. The molecule has 27 heavy (non-hydrogen) atoms. The highest BCUT2D eigenvalue weighted by Crippen LogP contribution is 2.16. The molecule has 7 nitrogen and oxygen atoms in total. The first-order valence-electron chi connectivity index (χ1n) is 8.36. The highest BCUT2D eigenvalue weighted by atomic mass is 35.5. The maximum atomic E-state index is 13.1. The van der Waals surface area contributed by atoms with Crippen molar-refractivity contribution in [2.75, 3.05) is 6.61 Å². The molecule has 2 heterocycles. The van der Waals surface area contributed by atoms with E-state index in [0.717, 1.165) is 4.57 Å². The van der Waals surface area contributed by atoms with Gasteiger partial charge in [0.05, 0.1) is 24.1 Å². The molecule has 0 atom stereocenters. The van der Waals surface area contributed by atoms with E-state index >= 15 is 0 Å². The van der Waals surface area contributed by atoms with Gasteiger partial charge < -0.3 is 4.74 Å². The van der Waals surface area contributed by atoms with Crippen LogP contribution in [0.2, 0.25) is 5.02 Å². The molecule has 0 saturated heterocycles. The number of halogens is 1. The molecule has 0 unspecified atom stereocenters. The van der Waals surface area contributed by atoms with Gasteiger partial charge >= 0.3 is 11.7 Å². The SMILES string of the molecule is CCOC(=O)c1cc(C)nc2c1c(=O)n(Cc1cccc(Cl)c1)c(=O)n2C. The molecular weight excluding hydrogens is 370 g/mol. The zero-order valence-corrected chi connectivity index (χ0v) is 15.9. The summed E-state index contributed by atoms with van der Waals surface area (Å²) in [7, 11) is 1.51. The molecule has 8 heteroatoms. The molecule has 0 N–H and O–H groups in total. The zero-order valence-electron chi connectivity index (χ0n) is 15.2. The third kappa shape index (κ3) is 3.50. The smallest absolute Gasteiger partial charge is 0.339 e. The minimum absolute atomic E-state index is 0.0259. The molecule has 140 valence electrons. The number of pyridine rings is 1. The van der Waals surface area contributed by atoms with Gasteiger partial charge in [-0.05, 0) is 37.6 Å². The van der Waals surface area contributed by atoms with Crippen LogP contribution < -0.4 is 11.2 Å². The number of fused-ring (bicyclic) bond motifs is 1. The lowest BCUT2D eigenvalue weighted by atomic mass is 10.1. The highest BCUT2D eigenvalue weighted by molar-refractivity contribution is 6.30. The number of rotatable bonds is 4. The molecule has 0 saturated carbocycles. The summed E-state index contributed by atoms with van der Waals surface area (Å²) in [6.45, 7) is 3.56. The molecule has 0 amide bonds. The number of nitrogens with zero attached hydrogens (tertiary/aromatic N) is 3. The summed E-state index contributed by atoms with van der Waals surface area (Å²) in [6, 6.07) is 8.38. The van der Waals surface area contributed by atoms with Crippen molar-refractivity contribution in [2.24, 2.45) is 7.05 Å². The Bertz CT molecular complexity index is 1160. The second-order valence-electron chi connectivity index (χ2n) is 6.09. The standard InChI is InChI=1S/C19H18ClN3O4/c1-4-27-18(25)14-8-11(2)21-16-15(14)17(24)23(19(26)22(16)3)10-12-6-5-7-13(20)9-12/h5-9H,4,10H2,1-3H3. The number of carbonyl (C=O) groups excluding carboxylic acids is 1. The Balaban J connectivity index is 2.32. The number of aryl methyl sites for hydroxylation is 2. The van der Waals surface area contributed by atoms with Crippen LogP contribution in [-0.4, -0.2) is 26.7 Å². The van der Waals surface area contributed by atoms with E-state index in [2.05, 4.69) is 4.98 Å². The Morgan fingerprint density at radius 3 is 2.67 bits per heavy atom. The first-order chi connectivity index (χ1) is 12.8. The molecule has 0 aliphatic heterocycles. The van der Waals surface area contributed by atoms with Crippen molar-refractivity contribution in [3.63, 3.8) is 0 Å². The Hall–Kier alpha value is -2.93. The van der Waals surface area contributed by atoms with Gasteiger partial charge in [0.25, 0.3) is 5.56 Å². The fraction of sp³-hybridized carbons (Fsp3) is 0.263. The quantitative estimate of drug-likeness (QED) is 0.641. The van der Waals surface area contributed by atoms with Crippen molar-refractivity contribution >= 4 is 28.6 Å². The van der Waals surface area contributed by atoms with Crippen LogP contribution in [0.15, 0.2) is 39.9 Å². The highest BCUT2D eigenvalue weighted by Gasteiger charge is 2.21. The summed E-state index contributed by atoms with van der Waals surface area (Å²) in [6.07, 6.45) is 0. The Kier molecular flexibility index (Phi) is 5.14. The molecule has 0 radical (unpaired) electrons. The van der Waals surface area contributed by atoms with Crippen molar-refractivity contribution in [3.8, 4) is 0 Å². The van der Waals surface area contributed by atoms with Crippen molar-refractivity contribution < 1.29 is 9.53 Å². The van der Waals surface area contributed by atoms with Gasteiger partial charge in [-0.25, -0.2) is 14.6 Å². The maximum absolute atomic E-state index is 13.1. The maximum Gasteiger partial charge on any atom is 0.339 e. The van der Waals surface area contributed by atoms with E-state index in [-0.39, 0.29) is 29.7 Å². The average molecular weight is 388 g/mol. The molecule has 0 fully saturated rings. The molecule has 1 aromatic carbocycles. The Labute approximate surface area is 159 Å². The molecule has 0 aliphatic rings. The lowest BCUT2D eigenvalue weighted by molar-refractivity contribution is 0.0528. The van der Waals surface area contributed by atoms with Crippen LogP contribution in [0.5, 0.6) is 0 Å². The van der Waals surface area contributed by atoms with E-state index in [1.54, 1.807) is 38.1 Å². The number of hydrogen-bond acceptors (Lipinski definition) is 5. The third-order valence-corrected chi connectivity index (χ3v) is 4.38. The molecule has 3 rings (SSSR count). The van der Waals surface area contributed by atoms with Gasteiger partial charge in [0.2, 0.25) is 0 Å². The minimum Gasteiger partial charge on any atom is -0.462 e. The van der Waals surface area contributed by atoms with Crippen LogP contribution in [0, 0.1) is 6.92 Å². The van der Waals surface area contributed by atoms with Gasteiger partial charge in [0, 0.05) is 17.8 Å². The van der Waals surface area contributed by atoms with Crippen molar-refractivity contribution in [1.29, 1.82) is 0 Å². The summed E-state index contributed by atoms with van der Waals surface area (Å²) in [5, 5.41) is 0.561. The summed E-state index contributed by atoms with van der Waals surface area (Å²) < 4.78 is 7.39. The van der Waals surface area contributed by atoms with E-state index in [4.69, 9.17) is 16.3 Å². The van der Waals surface area contributed by atoms with E-state index < -0.39 is 17.2 Å². The second-order valence-corrected chi connectivity index (χ2v) is 6.53. The van der Waals surface area contributed by atoms with Crippen LogP contribution in [0.1, 0.15) is 28.5 Å². The van der Waals surface area contributed by atoms with Gasteiger partial charge in [-0.15, -0.1) is 0 Å². The lowest BCUT2D eigenvalue weighted by Gasteiger charge is -2.13. The summed E-state index contributed by atoms with van der Waals surface area (Å²) >= 11 is 5.99. The lowest BCUT2D eigenvalue weighted by Crippen LogP contribution is -2.40. The van der Waals surface area contributed by atoms with E-state index in [9.17, 15) is 14.4 Å². The van der Waals surface area contributed by atoms with Crippen LogP contribution >= 0.6 is 11.6 Å². The molecule has 3 aromatic rings. The molecule has 0 aliphatic carbocycles. The summed E-state index contributed by atoms with van der Waals surface area (Å²) in [4.78, 5) is 42.5. The summed E-state index contributed by atoms with van der Waals surface area (Å²) in [5.74, 6) is -0.627. The first kappa shape index (κ1) is 18.8. The van der Waals surface area contributed by atoms with Crippen LogP contribution in [0.4, 0.5) is 0 Å². The molecule has 0 spiro atoms. The van der Waals surface area contributed by atoms with Crippen LogP contribution in [0.3, 0.4) is 0 Å². The van der Waals surface area contributed by atoms with Gasteiger partial charge in [0.15, 0.2) is 0 Å². The van der Waals surface area contributed by atoms with Crippen LogP contribution in [0.25, 0.3) is 11.0 Å². The van der Waals surface area contributed by atoms with Crippen molar-refractivity contribution in [3.05, 3.63) is 73.0 Å². The minimum atomic E-state index is -0.627. The number of benzene rings is 1. The zero-order chi connectivity index (χ0) is 19.7. The monoisotopic (exact) mass is 387 g/mol. The number of aromatic nitrogens is 3. The Morgan fingerprint density at radius 2 is 2.00 bits per heavy atom. The van der Waals surface area contributed by atoms with Gasteiger partial charge in [0.1, 0.15) is 5.65 Å². The van der Waals surface area contributed by atoms with Gasteiger partial charge in [-0.2, -0.15) is 0 Å². The average Bonchev–Trinajstić information content (AvgIpc) is 2.63. The van der Waals surface area contributed by atoms with Crippen molar-refractivity contribution in [2.45, 2.75) is 20.4 Å². The van der Waals surface area contributed by atoms with Gasteiger partial charge in [-0.1, -0.05) is 23.7 Å². The number of carbonyl (C=O) groups is 1. The van der Waals surface area contributed by atoms with E-state index in [1.807, 2.05) is 0 Å². The predicted octanol–water partition coefficient (Wildman–Crippen LogP) is 2.28. The summed E-state index contributed by atoms with van der Waals surface area (Å²) in [5.41, 5.74) is 0.325. The third-order valence-electron chi connectivity index (χ3n) is 4.15. The Morgan fingerprint density at radius 1 is 1.26 bits per heavy atom.